The highest BCUT2D eigenvalue weighted by atomic mass is 35.5. The molecule has 0 unspecified atom stereocenters. The summed E-state index contributed by atoms with van der Waals surface area (Å²) < 4.78 is 19.3. The fraction of sp³-hybridized carbons (Fsp3) is 0.103. The predicted molar refractivity (Wildman–Crippen MR) is 138 cm³/mol. The SMILES string of the molecule is CCn1cc(/C=C2\Oc3c(ccc(OC(=O)c4cc5cc(Cl)ccc5o4)c3C)C2=O)c2ccccc21. The molecule has 0 N–H and O–H groups in total. The zero-order valence-electron chi connectivity index (χ0n) is 19.5. The number of allylic oxidation sites excluding steroid dienone is 1. The number of hydrogen-bond donors (Lipinski definition) is 0. The zero-order valence-corrected chi connectivity index (χ0v) is 20.3. The molecule has 1 aliphatic heterocycles. The zero-order chi connectivity index (χ0) is 25.0. The largest absolute Gasteiger partial charge is 0.452 e. The minimum atomic E-state index is -0.655. The van der Waals surface area contributed by atoms with Crippen LogP contribution < -0.4 is 9.47 Å². The number of aromatic nitrogens is 1. The lowest BCUT2D eigenvalue weighted by atomic mass is 10.1. The highest BCUT2D eigenvalue weighted by Crippen LogP contribution is 2.40. The van der Waals surface area contributed by atoms with E-state index in [4.69, 9.17) is 25.5 Å². The van der Waals surface area contributed by atoms with E-state index in [1.807, 2.05) is 30.5 Å². The average molecular weight is 498 g/mol. The van der Waals surface area contributed by atoms with Crippen molar-refractivity contribution in [3.8, 4) is 11.5 Å². The van der Waals surface area contributed by atoms with E-state index < -0.39 is 5.97 Å². The van der Waals surface area contributed by atoms with Crippen molar-refractivity contribution in [1.29, 1.82) is 0 Å². The Morgan fingerprint density at radius 1 is 1.11 bits per heavy atom. The third kappa shape index (κ3) is 3.58. The van der Waals surface area contributed by atoms with Gasteiger partial charge in [0.05, 0.1) is 5.56 Å². The Morgan fingerprint density at radius 2 is 1.94 bits per heavy atom. The maximum Gasteiger partial charge on any atom is 0.379 e. The molecule has 3 heterocycles. The number of furan rings is 1. The van der Waals surface area contributed by atoms with E-state index in [0.29, 0.717) is 32.9 Å². The number of carbonyl (C=O) groups is 2. The Morgan fingerprint density at radius 3 is 2.78 bits per heavy atom. The van der Waals surface area contributed by atoms with E-state index in [-0.39, 0.29) is 23.1 Å². The highest BCUT2D eigenvalue weighted by Gasteiger charge is 2.31. The van der Waals surface area contributed by atoms with E-state index in [1.165, 1.54) is 0 Å². The standard InChI is InChI=1S/C29H20ClNO5/c1-3-31-15-18(20-6-4-5-7-22(20)31)14-25-27(32)21-9-11-23(16(2)28(21)35-25)36-29(33)26-13-17-12-19(30)8-10-24(17)34-26/h4-15H,3H2,1-2H3/b25-14-. The minimum absolute atomic E-state index is 0.0528. The number of hydrogen-bond acceptors (Lipinski definition) is 5. The number of fused-ring (bicyclic) bond motifs is 3. The van der Waals surface area contributed by atoms with Gasteiger partial charge in [-0.1, -0.05) is 29.8 Å². The maximum absolute atomic E-state index is 13.1. The molecule has 0 bridgehead atoms. The van der Waals surface area contributed by atoms with Gasteiger partial charge in [-0.15, -0.1) is 0 Å². The Balaban J connectivity index is 1.30. The van der Waals surface area contributed by atoms with Crippen molar-refractivity contribution >= 4 is 51.3 Å². The molecule has 0 saturated heterocycles. The van der Waals surface area contributed by atoms with Crippen LogP contribution in [0, 0.1) is 6.92 Å². The van der Waals surface area contributed by atoms with E-state index in [0.717, 1.165) is 23.0 Å². The fourth-order valence-electron chi connectivity index (χ4n) is 4.54. The van der Waals surface area contributed by atoms with Gasteiger partial charge in [0.1, 0.15) is 17.1 Å². The fourth-order valence-corrected chi connectivity index (χ4v) is 4.72. The summed E-state index contributed by atoms with van der Waals surface area (Å²) in [5.41, 5.74) is 3.50. The number of carbonyl (C=O) groups excluding carboxylic acids is 2. The molecule has 5 aromatic rings. The number of halogens is 1. The van der Waals surface area contributed by atoms with Crippen LogP contribution >= 0.6 is 11.6 Å². The number of para-hydroxylation sites is 1. The number of nitrogens with zero attached hydrogens (tertiary/aromatic N) is 1. The first-order valence-corrected chi connectivity index (χ1v) is 11.9. The Labute approximate surface area is 211 Å². The normalized spacial score (nSPS) is 14.0. The first kappa shape index (κ1) is 22.2. The van der Waals surface area contributed by atoms with Gasteiger partial charge in [0.25, 0.3) is 0 Å². The summed E-state index contributed by atoms with van der Waals surface area (Å²) in [5.74, 6) is 0.0779. The second kappa shape index (κ2) is 8.43. The number of aryl methyl sites for hydroxylation is 1. The lowest BCUT2D eigenvalue weighted by molar-refractivity contribution is 0.0702. The molecule has 7 heteroatoms. The lowest BCUT2D eigenvalue weighted by Gasteiger charge is -2.09. The van der Waals surface area contributed by atoms with Gasteiger partial charge >= 0.3 is 5.97 Å². The molecule has 0 spiro atoms. The Hall–Kier alpha value is -4.29. The van der Waals surface area contributed by atoms with Crippen LogP contribution in [-0.4, -0.2) is 16.3 Å². The molecule has 0 radical (unpaired) electrons. The molecule has 0 aliphatic carbocycles. The number of benzene rings is 3. The first-order valence-electron chi connectivity index (χ1n) is 11.5. The van der Waals surface area contributed by atoms with Crippen LogP contribution in [0.1, 0.15) is 39.0 Å². The summed E-state index contributed by atoms with van der Waals surface area (Å²) in [6.45, 7) is 4.63. The van der Waals surface area contributed by atoms with Gasteiger partial charge in [-0.3, -0.25) is 4.79 Å². The van der Waals surface area contributed by atoms with Gasteiger partial charge in [0.15, 0.2) is 5.76 Å². The molecule has 36 heavy (non-hydrogen) atoms. The van der Waals surface area contributed by atoms with Gasteiger partial charge in [-0.25, -0.2) is 4.79 Å². The van der Waals surface area contributed by atoms with E-state index >= 15 is 0 Å². The molecule has 2 aromatic heterocycles. The second-order valence-electron chi connectivity index (χ2n) is 8.58. The van der Waals surface area contributed by atoms with Crippen molar-refractivity contribution in [2.75, 3.05) is 0 Å². The van der Waals surface area contributed by atoms with Crippen LogP contribution in [0.15, 0.2) is 77.0 Å². The van der Waals surface area contributed by atoms with Crippen molar-refractivity contribution < 1.29 is 23.5 Å². The number of Topliss-reactive ketones (excluding diaryl/α,β-unsaturated/α-hetero) is 1. The average Bonchev–Trinajstić information content (AvgIpc) is 3.55. The number of ketones is 1. The van der Waals surface area contributed by atoms with Crippen molar-refractivity contribution in [1.82, 2.24) is 4.57 Å². The van der Waals surface area contributed by atoms with Crippen molar-refractivity contribution in [2.24, 2.45) is 0 Å². The summed E-state index contributed by atoms with van der Waals surface area (Å²) in [6, 6.07) is 17.9. The molecule has 1 aliphatic rings. The molecule has 0 amide bonds. The first-order chi connectivity index (χ1) is 17.4. The molecule has 3 aromatic carbocycles. The molecule has 0 atom stereocenters. The highest BCUT2D eigenvalue weighted by molar-refractivity contribution is 6.31. The van der Waals surface area contributed by atoms with Crippen LogP contribution in [0.25, 0.3) is 27.9 Å². The van der Waals surface area contributed by atoms with Crippen molar-refractivity contribution in [3.63, 3.8) is 0 Å². The van der Waals surface area contributed by atoms with Crippen LogP contribution in [0.4, 0.5) is 0 Å². The molecule has 6 nitrogen and oxygen atoms in total. The number of esters is 1. The Bertz CT molecular complexity index is 1740. The maximum atomic E-state index is 13.1. The molecule has 178 valence electrons. The summed E-state index contributed by atoms with van der Waals surface area (Å²) in [7, 11) is 0. The van der Waals surface area contributed by atoms with E-state index in [9.17, 15) is 9.59 Å². The van der Waals surface area contributed by atoms with E-state index in [1.54, 1.807) is 49.4 Å². The Kier molecular flexibility index (Phi) is 5.20. The number of rotatable bonds is 4. The van der Waals surface area contributed by atoms with Crippen LogP contribution in [0.2, 0.25) is 5.02 Å². The number of ether oxygens (including phenoxy) is 2. The van der Waals surface area contributed by atoms with Crippen LogP contribution in [-0.2, 0) is 6.54 Å². The predicted octanol–water partition coefficient (Wildman–Crippen LogP) is 7.20. The van der Waals surface area contributed by atoms with Crippen molar-refractivity contribution in [3.05, 3.63) is 100 Å². The smallest absolute Gasteiger partial charge is 0.379 e. The van der Waals surface area contributed by atoms with Crippen molar-refractivity contribution in [2.45, 2.75) is 20.4 Å². The lowest BCUT2D eigenvalue weighted by Crippen LogP contribution is -2.08. The van der Waals surface area contributed by atoms with E-state index in [2.05, 4.69) is 11.5 Å². The molecule has 0 fully saturated rings. The summed E-state index contributed by atoms with van der Waals surface area (Å²) in [4.78, 5) is 25.9. The minimum Gasteiger partial charge on any atom is -0.452 e. The molecule has 6 rings (SSSR count). The monoisotopic (exact) mass is 497 g/mol. The van der Waals surface area contributed by atoms with Crippen LogP contribution in [0.5, 0.6) is 11.5 Å². The van der Waals surface area contributed by atoms with Crippen LogP contribution in [0.3, 0.4) is 0 Å². The topological polar surface area (TPSA) is 70.7 Å². The second-order valence-corrected chi connectivity index (χ2v) is 9.01. The van der Waals surface area contributed by atoms with Gasteiger partial charge < -0.3 is 18.5 Å². The molecule has 0 saturated carbocycles. The van der Waals surface area contributed by atoms with Gasteiger partial charge in [-0.05, 0) is 62.4 Å². The summed E-state index contributed by atoms with van der Waals surface area (Å²) >= 11 is 6.02. The third-order valence-electron chi connectivity index (χ3n) is 6.37. The van der Waals surface area contributed by atoms with Gasteiger partial charge in [0.2, 0.25) is 11.5 Å². The summed E-state index contributed by atoms with van der Waals surface area (Å²) in [5, 5.41) is 2.29. The van der Waals surface area contributed by atoms with Gasteiger partial charge in [-0.2, -0.15) is 0 Å². The molecular formula is C29H20ClNO5. The summed E-state index contributed by atoms with van der Waals surface area (Å²) in [6.07, 6.45) is 3.78. The third-order valence-corrected chi connectivity index (χ3v) is 6.60. The van der Waals surface area contributed by atoms with Gasteiger partial charge in [0, 0.05) is 45.2 Å². The quantitative estimate of drug-likeness (QED) is 0.149. The molecular weight excluding hydrogens is 478 g/mol.